The fourth-order valence-corrected chi connectivity index (χ4v) is 2.16. The third-order valence-electron chi connectivity index (χ3n) is 3.12. The summed E-state index contributed by atoms with van der Waals surface area (Å²) in [7, 11) is 0. The van der Waals surface area contributed by atoms with Gasteiger partial charge in [0.25, 0.3) is 5.56 Å². The van der Waals surface area contributed by atoms with Crippen LogP contribution < -0.4 is 10.3 Å². The number of nitrogens with zero attached hydrogens (tertiary/aromatic N) is 2. The van der Waals surface area contributed by atoms with Gasteiger partial charge in [0, 0.05) is 17.7 Å². The number of aliphatic hydroxyl groups is 1. The van der Waals surface area contributed by atoms with Gasteiger partial charge in [0.2, 0.25) is 0 Å². The Balaban J connectivity index is 2.58. The predicted molar refractivity (Wildman–Crippen MR) is 81.3 cm³/mol. The standard InChI is InChI=1S/C16H20N2O3/c1-3-9-18-16(20)12(11-19)10-14(17-18)13-7-5-6-8-15(13)21-4-2/h5-8,10,19H,3-4,9,11H2,1-2H3. The summed E-state index contributed by atoms with van der Waals surface area (Å²) in [6.45, 7) is 4.68. The molecule has 0 saturated heterocycles. The van der Waals surface area contributed by atoms with E-state index in [2.05, 4.69) is 5.10 Å². The Morgan fingerprint density at radius 3 is 2.71 bits per heavy atom. The molecule has 1 aromatic carbocycles. The van der Waals surface area contributed by atoms with E-state index in [1.54, 1.807) is 6.07 Å². The monoisotopic (exact) mass is 288 g/mol. The molecule has 2 rings (SSSR count). The topological polar surface area (TPSA) is 64.3 Å². The maximum atomic E-state index is 12.1. The second-order valence-electron chi connectivity index (χ2n) is 4.67. The molecule has 0 bridgehead atoms. The molecule has 5 nitrogen and oxygen atoms in total. The number of hydrogen-bond acceptors (Lipinski definition) is 4. The predicted octanol–water partition coefficient (Wildman–Crippen LogP) is 2.21. The number of rotatable bonds is 6. The van der Waals surface area contributed by atoms with E-state index in [0.29, 0.717) is 24.4 Å². The summed E-state index contributed by atoms with van der Waals surface area (Å²) in [6.07, 6.45) is 0.800. The second-order valence-corrected chi connectivity index (χ2v) is 4.67. The number of aryl methyl sites for hydroxylation is 1. The fraction of sp³-hybridized carbons (Fsp3) is 0.375. The summed E-state index contributed by atoms with van der Waals surface area (Å²) >= 11 is 0. The van der Waals surface area contributed by atoms with Crippen molar-refractivity contribution < 1.29 is 9.84 Å². The van der Waals surface area contributed by atoms with Crippen molar-refractivity contribution in [2.45, 2.75) is 33.4 Å². The smallest absolute Gasteiger partial charge is 0.272 e. The van der Waals surface area contributed by atoms with Gasteiger partial charge in [-0.05, 0) is 31.5 Å². The van der Waals surface area contributed by atoms with Crippen LogP contribution >= 0.6 is 0 Å². The van der Waals surface area contributed by atoms with E-state index in [-0.39, 0.29) is 12.2 Å². The van der Waals surface area contributed by atoms with E-state index in [0.717, 1.165) is 17.7 Å². The van der Waals surface area contributed by atoms with Crippen molar-refractivity contribution in [3.05, 3.63) is 46.2 Å². The number of para-hydroxylation sites is 1. The van der Waals surface area contributed by atoms with Crippen LogP contribution in [0.3, 0.4) is 0 Å². The summed E-state index contributed by atoms with van der Waals surface area (Å²) in [5.41, 5.74) is 1.56. The van der Waals surface area contributed by atoms with E-state index < -0.39 is 0 Å². The largest absolute Gasteiger partial charge is 0.493 e. The first-order valence-corrected chi connectivity index (χ1v) is 7.15. The lowest BCUT2D eigenvalue weighted by Crippen LogP contribution is -2.26. The van der Waals surface area contributed by atoms with Crippen LogP contribution in [0.25, 0.3) is 11.3 Å². The molecule has 1 aromatic heterocycles. The fourth-order valence-electron chi connectivity index (χ4n) is 2.16. The van der Waals surface area contributed by atoms with Gasteiger partial charge >= 0.3 is 0 Å². The van der Waals surface area contributed by atoms with Gasteiger partial charge in [-0.15, -0.1) is 0 Å². The first-order chi connectivity index (χ1) is 10.2. The Morgan fingerprint density at radius 2 is 2.05 bits per heavy atom. The second kappa shape index (κ2) is 7.04. The third kappa shape index (κ3) is 3.31. The van der Waals surface area contributed by atoms with E-state index in [1.807, 2.05) is 38.1 Å². The van der Waals surface area contributed by atoms with Crippen molar-refractivity contribution >= 4 is 0 Å². The highest BCUT2D eigenvalue weighted by Crippen LogP contribution is 2.28. The lowest BCUT2D eigenvalue weighted by molar-refractivity contribution is 0.278. The third-order valence-corrected chi connectivity index (χ3v) is 3.12. The molecule has 0 radical (unpaired) electrons. The highest BCUT2D eigenvalue weighted by Gasteiger charge is 2.12. The Labute approximate surface area is 123 Å². The molecule has 0 aliphatic heterocycles. The van der Waals surface area contributed by atoms with Crippen molar-refractivity contribution in [1.82, 2.24) is 9.78 Å². The van der Waals surface area contributed by atoms with Gasteiger partial charge in [-0.25, -0.2) is 4.68 Å². The van der Waals surface area contributed by atoms with Crippen LogP contribution in [-0.2, 0) is 13.2 Å². The molecular formula is C16H20N2O3. The molecule has 2 aromatic rings. The summed E-state index contributed by atoms with van der Waals surface area (Å²) in [4.78, 5) is 12.1. The van der Waals surface area contributed by atoms with Crippen molar-refractivity contribution in [3.8, 4) is 17.0 Å². The Morgan fingerprint density at radius 1 is 1.29 bits per heavy atom. The quantitative estimate of drug-likeness (QED) is 0.885. The zero-order valence-corrected chi connectivity index (χ0v) is 12.4. The van der Waals surface area contributed by atoms with Crippen LogP contribution in [0.2, 0.25) is 0 Å². The van der Waals surface area contributed by atoms with Crippen LogP contribution in [0.4, 0.5) is 0 Å². The van der Waals surface area contributed by atoms with Crippen molar-refractivity contribution in [3.63, 3.8) is 0 Å². The number of aromatic nitrogens is 2. The molecular weight excluding hydrogens is 268 g/mol. The van der Waals surface area contributed by atoms with Gasteiger partial charge in [-0.1, -0.05) is 19.1 Å². The molecule has 1 heterocycles. The molecule has 0 aliphatic rings. The van der Waals surface area contributed by atoms with E-state index in [9.17, 15) is 9.90 Å². The number of aliphatic hydroxyl groups excluding tert-OH is 1. The van der Waals surface area contributed by atoms with E-state index >= 15 is 0 Å². The molecule has 0 fully saturated rings. The van der Waals surface area contributed by atoms with E-state index in [1.165, 1.54) is 4.68 Å². The first-order valence-electron chi connectivity index (χ1n) is 7.15. The van der Waals surface area contributed by atoms with Gasteiger partial charge in [-0.2, -0.15) is 5.10 Å². The molecule has 0 atom stereocenters. The van der Waals surface area contributed by atoms with Gasteiger partial charge in [0.05, 0.1) is 18.9 Å². The van der Waals surface area contributed by atoms with Gasteiger partial charge < -0.3 is 9.84 Å². The molecule has 0 saturated carbocycles. The van der Waals surface area contributed by atoms with Gasteiger partial charge in [0.1, 0.15) is 5.75 Å². The SMILES string of the molecule is CCCn1nc(-c2ccccc2OCC)cc(CO)c1=O. The zero-order chi connectivity index (χ0) is 15.2. The van der Waals surface area contributed by atoms with Crippen molar-refractivity contribution in [2.75, 3.05) is 6.61 Å². The lowest BCUT2D eigenvalue weighted by atomic mass is 10.1. The van der Waals surface area contributed by atoms with Crippen molar-refractivity contribution in [2.24, 2.45) is 0 Å². The van der Waals surface area contributed by atoms with Crippen LogP contribution in [0.15, 0.2) is 35.1 Å². The Bertz CT molecular complexity index is 665. The van der Waals surface area contributed by atoms with Crippen LogP contribution in [0.5, 0.6) is 5.75 Å². The Hall–Kier alpha value is -2.14. The Kier molecular flexibility index (Phi) is 5.11. The minimum absolute atomic E-state index is 0.239. The lowest BCUT2D eigenvalue weighted by Gasteiger charge is -2.12. The van der Waals surface area contributed by atoms with Gasteiger partial charge in [0.15, 0.2) is 0 Å². The average molecular weight is 288 g/mol. The first kappa shape index (κ1) is 15.3. The minimum Gasteiger partial charge on any atom is -0.493 e. The zero-order valence-electron chi connectivity index (χ0n) is 12.4. The molecule has 112 valence electrons. The maximum absolute atomic E-state index is 12.1. The van der Waals surface area contributed by atoms with Gasteiger partial charge in [-0.3, -0.25) is 4.79 Å². The molecule has 21 heavy (non-hydrogen) atoms. The average Bonchev–Trinajstić information content (AvgIpc) is 2.50. The maximum Gasteiger partial charge on any atom is 0.272 e. The number of ether oxygens (including phenoxy) is 1. The molecule has 0 spiro atoms. The van der Waals surface area contributed by atoms with Crippen LogP contribution in [-0.4, -0.2) is 21.5 Å². The highest BCUT2D eigenvalue weighted by atomic mass is 16.5. The molecule has 0 aliphatic carbocycles. The minimum atomic E-state index is -0.297. The van der Waals surface area contributed by atoms with Crippen LogP contribution in [0.1, 0.15) is 25.8 Å². The van der Waals surface area contributed by atoms with Crippen LogP contribution in [0, 0.1) is 0 Å². The summed E-state index contributed by atoms with van der Waals surface area (Å²) in [6, 6.07) is 9.19. The summed E-state index contributed by atoms with van der Waals surface area (Å²) in [5, 5.41) is 13.8. The normalized spacial score (nSPS) is 10.6. The molecule has 0 unspecified atom stereocenters. The highest BCUT2D eigenvalue weighted by molar-refractivity contribution is 5.67. The summed E-state index contributed by atoms with van der Waals surface area (Å²) < 4.78 is 7.01. The summed E-state index contributed by atoms with van der Waals surface area (Å²) in [5.74, 6) is 0.720. The molecule has 1 N–H and O–H groups in total. The van der Waals surface area contributed by atoms with E-state index in [4.69, 9.17) is 4.74 Å². The molecule has 5 heteroatoms. The molecule has 0 amide bonds. The number of hydrogen-bond donors (Lipinski definition) is 1. The van der Waals surface area contributed by atoms with Crippen molar-refractivity contribution in [1.29, 1.82) is 0 Å². The number of benzene rings is 1.